The Hall–Kier alpha value is -0.380. The molecule has 1 aliphatic heterocycles. The van der Waals surface area contributed by atoms with Crippen molar-refractivity contribution in [1.82, 2.24) is 15.5 Å². The van der Waals surface area contributed by atoms with Crippen LogP contribution in [0.1, 0.15) is 0 Å². The minimum absolute atomic E-state index is 0.601. The summed E-state index contributed by atoms with van der Waals surface area (Å²) >= 11 is 0. The standard InChI is InChI=1S/C9H19N3/c1-3-4-10-7-9-8-12(2)6-5-11-9/h3,9-11H,1,4-8H2,2H3. The maximum absolute atomic E-state index is 3.66. The molecular formula is C9H19N3. The van der Waals surface area contributed by atoms with E-state index in [9.17, 15) is 0 Å². The molecule has 1 atom stereocenters. The van der Waals surface area contributed by atoms with Crippen molar-refractivity contribution < 1.29 is 0 Å². The third-order valence-corrected chi connectivity index (χ3v) is 2.14. The number of nitrogens with zero attached hydrogens (tertiary/aromatic N) is 1. The van der Waals surface area contributed by atoms with Gasteiger partial charge in [-0.15, -0.1) is 6.58 Å². The summed E-state index contributed by atoms with van der Waals surface area (Å²) in [7, 11) is 2.17. The molecule has 12 heavy (non-hydrogen) atoms. The Kier molecular flexibility index (Phi) is 4.29. The molecule has 0 radical (unpaired) electrons. The molecule has 0 saturated carbocycles. The number of nitrogens with one attached hydrogen (secondary N) is 2. The smallest absolute Gasteiger partial charge is 0.0320 e. The molecule has 1 fully saturated rings. The lowest BCUT2D eigenvalue weighted by molar-refractivity contribution is 0.236. The van der Waals surface area contributed by atoms with Crippen molar-refractivity contribution in [3.05, 3.63) is 12.7 Å². The van der Waals surface area contributed by atoms with Crippen LogP contribution in [-0.2, 0) is 0 Å². The van der Waals surface area contributed by atoms with Gasteiger partial charge < -0.3 is 15.5 Å². The maximum atomic E-state index is 3.66. The molecule has 1 aliphatic rings. The molecule has 0 aromatic heterocycles. The van der Waals surface area contributed by atoms with Crippen molar-refractivity contribution in [1.29, 1.82) is 0 Å². The van der Waals surface area contributed by atoms with Gasteiger partial charge in [-0.05, 0) is 7.05 Å². The average Bonchev–Trinajstić information content (AvgIpc) is 2.05. The normalized spacial score (nSPS) is 25.6. The molecule has 3 nitrogen and oxygen atoms in total. The fourth-order valence-electron chi connectivity index (χ4n) is 1.49. The number of piperazine rings is 1. The van der Waals surface area contributed by atoms with Crippen LogP contribution in [-0.4, -0.2) is 50.7 Å². The van der Waals surface area contributed by atoms with E-state index in [1.165, 1.54) is 0 Å². The largest absolute Gasteiger partial charge is 0.312 e. The number of hydrogen-bond donors (Lipinski definition) is 2. The van der Waals surface area contributed by atoms with Crippen LogP contribution in [0, 0.1) is 0 Å². The topological polar surface area (TPSA) is 27.3 Å². The molecule has 0 spiro atoms. The van der Waals surface area contributed by atoms with Crippen LogP contribution < -0.4 is 10.6 Å². The monoisotopic (exact) mass is 169 g/mol. The summed E-state index contributed by atoms with van der Waals surface area (Å²) < 4.78 is 0. The number of likely N-dealkylation sites (N-methyl/N-ethyl adjacent to an activating group) is 1. The summed E-state index contributed by atoms with van der Waals surface area (Å²) in [5, 5.41) is 6.79. The zero-order valence-electron chi connectivity index (χ0n) is 7.84. The predicted octanol–water partition coefficient (Wildman–Crippen LogP) is -0.334. The van der Waals surface area contributed by atoms with Gasteiger partial charge in [0, 0.05) is 38.8 Å². The van der Waals surface area contributed by atoms with Crippen LogP contribution in [0.25, 0.3) is 0 Å². The van der Waals surface area contributed by atoms with Crippen LogP contribution in [0.15, 0.2) is 12.7 Å². The highest BCUT2D eigenvalue weighted by Gasteiger charge is 2.14. The molecular weight excluding hydrogens is 150 g/mol. The van der Waals surface area contributed by atoms with E-state index in [1.807, 2.05) is 6.08 Å². The van der Waals surface area contributed by atoms with Gasteiger partial charge in [-0.1, -0.05) is 6.08 Å². The van der Waals surface area contributed by atoms with Gasteiger partial charge in [-0.2, -0.15) is 0 Å². The van der Waals surface area contributed by atoms with Crippen molar-refractivity contribution in [2.45, 2.75) is 6.04 Å². The first kappa shape index (κ1) is 9.71. The van der Waals surface area contributed by atoms with Crippen molar-refractivity contribution >= 4 is 0 Å². The molecule has 1 heterocycles. The van der Waals surface area contributed by atoms with Crippen LogP contribution in [0.2, 0.25) is 0 Å². The van der Waals surface area contributed by atoms with Crippen molar-refractivity contribution in [2.75, 3.05) is 39.8 Å². The van der Waals surface area contributed by atoms with Crippen LogP contribution in [0.4, 0.5) is 0 Å². The molecule has 0 aromatic rings. The molecule has 2 N–H and O–H groups in total. The second-order valence-electron chi connectivity index (χ2n) is 3.36. The highest BCUT2D eigenvalue weighted by molar-refractivity contribution is 4.80. The van der Waals surface area contributed by atoms with E-state index in [0.29, 0.717) is 6.04 Å². The third kappa shape index (κ3) is 3.34. The quantitative estimate of drug-likeness (QED) is 0.445. The Morgan fingerprint density at radius 2 is 2.58 bits per heavy atom. The molecule has 1 rings (SSSR count). The van der Waals surface area contributed by atoms with Crippen LogP contribution in [0.3, 0.4) is 0 Å². The second-order valence-corrected chi connectivity index (χ2v) is 3.36. The van der Waals surface area contributed by atoms with E-state index in [1.54, 1.807) is 0 Å². The molecule has 70 valence electrons. The van der Waals surface area contributed by atoms with Gasteiger partial charge in [0.15, 0.2) is 0 Å². The summed E-state index contributed by atoms with van der Waals surface area (Å²) in [5.74, 6) is 0. The zero-order valence-corrected chi connectivity index (χ0v) is 7.84. The van der Waals surface area contributed by atoms with Gasteiger partial charge in [0.05, 0.1) is 0 Å². The van der Waals surface area contributed by atoms with Crippen LogP contribution >= 0.6 is 0 Å². The van der Waals surface area contributed by atoms with Crippen molar-refractivity contribution in [3.63, 3.8) is 0 Å². The Labute approximate surface area is 74.8 Å². The van der Waals surface area contributed by atoms with Gasteiger partial charge in [0.1, 0.15) is 0 Å². The van der Waals surface area contributed by atoms with Crippen molar-refractivity contribution in [2.24, 2.45) is 0 Å². The van der Waals surface area contributed by atoms with Gasteiger partial charge in [0.2, 0.25) is 0 Å². The number of hydrogen-bond acceptors (Lipinski definition) is 3. The Morgan fingerprint density at radius 3 is 3.25 bits per heavy atom. The average molecular weight is 169 g/mol. The van der Waals surface area contributed by atoms with E-state index in [2.05, 4.69) is 29.2 Å². The SMILES string of the molecule is C=CCNCC1CN(C)CCN1. The molecule has 0 amide bonds. The lowest BCUT2D eigenvalue weighted by Crippen LogP contribution is -2.53. The zero-order chi connectivity index (χ0) is 8.81. The minimum Gasteiger partial charge on any atom is -0.312 e. The molecule has 0 bridgehead atoms. The minimum atomic E-state index is 0.601. The van der Waals surface area contributed by atoms with E-state index >= 15 is 0 Å². The van der Waals surface area contributed by atoms with Gasteiger partial charge >= 0.3 is 0 Å². The molecule has 0 aliphatic carbocycles. The summed E-state index contributed by atoms with van der Waals surface area (Å²) in [5.41, 5.74) is 0. The van der Waals surface area contributed by atoms with E-state index in [4.69, 9.17) is 0 Å². The van der Waals surface area contributed by atoms with Gasteiger partial charge in [0.25, 0.3) is 0 Å². The molecule has 3 heteroatoms. The first-order valence-corrected chi connectivity index (χ1v) is 4.56. The van der Waals surface area contributed by atoms with E-state index in [0.717, 1.165) is 32.7 Å². The van der Waals surface area contributed by atoms with Gasteiger partial charge in [-0.25, -0.2) is 0 Å². The Bertz CT molecular complexity index is 136. The number of rotatable bonds is 4. The van der Waals surface area contributed by atoms with E-state index in [-0.39, 0.29) is 0 Å². The lowest BCUT2D eigenvalue weighted by atomic mass is 10.2. The van der Waals surface area contributed by atoms with Crippen LogP contribution in [0.5, 0.6) is 0 Å². The molecule has 1 saturated heterocycles. The fraction of sp³-hybridized carbons (Fsp3) is 0.778. The van der Waals surface area contributed by atoms with E-state index < -0.39 is 0 Å². The molecule has 0 aromatic carbocycles. The molecule has 1 unspecified atom stereocenters. The predicted molar refractivity (Wildman–Crippen MR) is 52.4 cm³/mol. The maximum Gasteiger partial charge on any atom is 0.0320 e. The highest BCUT2D eigenvalue weighted by atomic mass is 15.2. The summed E-state index contributed by atoms with van der Waals surface area (Å²) in [6.07, 6.45) is 1.90. The van der Waals surface area contributed by atoms with Crippen molar-refractivity contribution in [3.8, 4) is 0 Å². The summed E-state index contributed by atoms with van der Waals surface area (Å²) in [4.78, 5) is 2.36. The Morgan fingerprint density at radius 1 is 1.75 bits per heavy atom. The summed E-state index contributed by atoms with van der Waals surface area (Å²) in [6, 6.07) is 0.601. The highest BCUT2D eigenvalue weighted by Crippen LogP contribution is 1.93. The first-order chi connectivity index (χ1) is 5.83. The Balaban J connectivity index is 2.09. The second kappa shape index (κ2) is 5.30. The van der Waals surface area contributed by atoms with Gasteiger partial charge in [-0.3, -0.25) is 0 Å². The lowest BCUT2D eigenvalue weighted by Gasteiger charge is -2.30. The first-order valence-electron chi connectivity index (χ1n) is 4.56. The third-order valence-electron chi connectivity index (χ3n) is 2.14. The fourth-order valence-corrected chi connectivity index (χ4v) is 1.49. The summed E-state index contributed by atoms with van der Waals surface area (Å²) in [6.45, 7) is 9.02.